The minimum atomic E-state index is 0. The first kappa shape index (κ1) is 21.6. The number of aromatic nitrogens is 3. The predicted octanol–water partition coefficient (Wildman–Crippen LogP) is 1.94. The van der Waals surface area contributed by atoms with Gasteiger partial charge in [0.25, 0.3) is 0 Å². The Morgan fingerprint density at radius 1 is 1.26 bits per heavy atom. The molecule has 0 fully saturated rings. The highest BCUT2D eigenvalue weighted by atomic mass is 127. The van der Waals surface area contributed by atoms with Crippen molar-refractivity contribution in [2.24, 2.45) is 12.0 Å². The van der Waals surface area contributed by atoms with E-state index in [4.69, 9.17) is 0 Å². The number of hydrogen-bond acceptors (Lipinski definition) is 4. The maximum absolute atomic E-state index is 4.32. The lowest BCUT2D eigenvalue weighted by atomic mass is 9.98. The number of fused-ring (bicyclic) bond motifs is 1. The molecule has 3 rings (SSSR count). The summed E-state index contributed by atoms with van der Waals surface area (Å²) in [7, 11) is 3.69. The van der Waals surface area contributed by atoms with Gasteiger partial charge in [0.15, 0.2) is 5.96 Å². The van der Waals surface area contributed by atoms with Gasteiger partial charge >= 0.3 is 0 Å². The van der Waals surface area contributed by atoms with Crippen LogP contribution in [0.25, 0.3) is 0 Å². The quantitative estimate of drug-likeness (QED) is 0.374. The molecule has 1 aliphatic heterocycles. The number of guanidine groups is 1. The van der Waals surface area contributed by atoms with Crippen molar-refractivity contribution in [2.45, 2.75) is 38.9 Å². The summed E-state index contributed by atoms with van der Waals surface area (Å²) in [6.07, 6.45) is 3.80. The number of aryl methyl sites for hydroxylation is 1. The lowest BCUT2D eigenvalue weighted by Gasteiger charge is -2.35. The molecule has 1 aliphatic rings. The first-order chi connectivity index (χ1) is 12.7. The molecular weight excluding hydrogens is 453 g/mol. The molecular formula is C19H30IN7. The average Bonchev–Trinajstić information content (AvgIpc) is 3.09. The zero-order valence-corrected chi connectivity index (χ0v) is 18.7. The second-order valence-electron chi connectivity index (χ2n) is 6.66. The van der Waals surface area contributed by atoms with E-state index in [9.17, 15) is 0 Å². The Labute approximate surface area is 178 Å². The molecule has 0 saturated heterocycles. The summed E-state index contributed by atoms with van der Waals surface area (Å²) in [5.41, 5.74) is 2.95. The van der Waals surface area contributed by atoms with Gasteiger partial charge in [-0.05, 0) is 24.0 Å². The Hall–Kier alpha value is -1.68. The second kappa shape index (κ2) is 10.6. The molecule has 1 aromatic heterocycles. The third-order valence-corrected chi connectivity index (χ3v) is 5.10. The Morgan fingerprint density at radius 3 is 2.70 bits per heavy atom. The molecule has 1 aromatic carbocycles. The number of nitrogens with zero attached hydrogens (tertiary/aromatic N) is 5. The Morgan fingerprint density at radius 2 is 2.04 bits per heavy atom. The van der Waals surface area contributed by atoms with Crippen LogP contribution in [-0.2, 0) is 26.6 Å². The topological polar surface area (TPSA) is 70.4 Å². The summed E-state index contributed by atoms with van der Waals surface area (Å²) in [4.78, 5) is 11.1. The molecule has 0 aliphatic carbocycles. The molecule has 2 aromatic rings. The molecule has 0 spiro atoms. The van der Waals surface area contributed by atoms with Crippen LogP contribution in [-0.4, -0.2) is 51.8 Å². The van der Waals surface area contributed by atoms with Crippen LogP contribution in [0.4, 0.5) is 0 Å². The summed E-state index contributed by atoms with van der Waals surface area (Å²) >= 11 is 0. The van der Waals surface area contributed by atoms with Gasteiger partial charge in [-0.2, -0.15) is 5.10 Å². The van der Waals surface area contributed by atoms with E-state index >= 15 is 0 Å². The molecule has 2 N–H and O–H groups in total. The average molecular weight is 483 g/mol. The highest BCUT2D eigenvalue weighted by Gasteiger charge is 2.22. The zero-order chi connectivity index (χ0) is 18.4. The lowest BCUT2D eigenvalue weighted by molar-refractivity contribution is 0.174. The van der Waals surface area contributed by atoms with Gasteiger partial charge in [0.1, 0.15) is 12.2 Å². The van der Waals surface area contributed by atoms with Gasteiger partial charge in [0.2, 0.25) is 0 Å². The Kier molecular flexibility index (Phi) is 8.49. The van der Waals surface area contributed by atoms with Crippen molar-refractivity contribution >= 4 is 29.9 Å². The summed E-state index contributed by atoms with van der Waals surface area (Å²) < 4.78 is 1.76. The monoisotopic (exact) mass is 483 g/mol. The number of benzene rings is 1. The number of rotatable bonds is 6. The number of nitrogens with one attached hydrogen (secondary N) is 2. The van der Waals surface area contributed by atoms with E-state index in [-0.39, 0.29) is 24.0 Å². The smallest absolute Gasteiger partial charge is 0.191 e. The minimum absolute atomic E-state index is 0. The van der Waals surface area contributed by atoms with E-state index in [0.29, 0.717) is 12.6 Å². The fourth-order valence-corrected chi connectivity index (χ4v) is 3.44. The summed E-state index contributed by atoms with van der Waals surface area (Å²) in [6, 6.07) is 9.27. The van der Waals surface area contributed by atoms with E-state index in [1.165, 1.54) is 11.1 Å². The van der Waals surface area contributed by atoms with Crippen molar-refractivity contribution in [3.8, 4) is 0 Å². The molecule has 0 amide bonds. The summed E-state index contributed by atoms with van der Waals surface area (Å²) in [5, 5.41) is 10.9. The van der Waals surface area contributed by atoms with Gasteiger partial charge in [0, 0.05) is 39.8 Å². The largest absolute Gasteiger partial charge is 0.355 e. The third kappa shape index (κ3) is 5.65. The van der Waals surface area contributed by atoms with Crippen LogP contribution in [0, 0.1) is 0 Å². The zero-order valence-electron chi connectivity index (χ0n) is 16.4. The molecule has 1 atom stereocenters. The van der Waals surface area contributed by atoms with Crippen LogP contribution in [0.15, 0.2) is 35.6 Å². The maximum atomic E-state index is 4.32. The van der Waals surface area contributed by atoms with Crippen molar-refractivity contribution in [3.05, 3.63) is 47.5 Å². The van der Waals surface area contributed by atoms with E-state index in [1.54, 1.807) is 18.1 Å². The second-order valence-corrected chi connectivity index (χ2v) is 6.66. The standard InChI is InChI=1S/C19H29N7.HI/c1-4-17(26-10-9-15-7-5-6-8-16(15)13-26)11-21-19(20-2)22-12-18-23-14-24-25(18)3;/h5-8,14,17H,4,9-13H2,1-3H3,(H2,20,21,22);1H. The first-order valence-corrected chi connectivity index (χ1v) is 9.29. The lowest BCUT2D eigenvalue weighted by Crippen LogP contribution is -2.48. The fraction of sp³-hybridized carbons (Fsp3) is 0.526. The van der Waals surface area contributed by atoms with Gasteiger partial charge in [-0.15, -0.1) is 24.0 Å². The minimum Gasteiger partial charge on any atom is -0.355 e. The molecule has 8 heteroatoms. The van der Waals surface area contributed by atoms with Gasteiger partial charge < -0.3 is 10.6 Å². The molecule has 0 saturated carbocycles. The van der Waals surface area contributed by atoms with Gasteiger partial charge in [-0.3, -0.25) is 14.6 Å². The molecule has 0 radical (unpaired) electrons. The molecule has 27 heavy (non-hydrogen) atoms. The van der Waals surface area contributed by atoms with Crippen molar-refractivity contribution in [2.75, 3.05) is 20.1 Å². The molecule has 148 valence electrons. The third-order valence-electron chi connectivity index (χ3n) is 5.10. The van der Waals surface area contributed by atoms with Crippen molar-refractivity contribution in [1.82, 2.24) is 30.3 Å². The molecule has 2 heterocycles. The molecule has 1 unspecified atom stereocenters. The van der Waals surface area contributed by atoms with Crippen molar-refractivity contribution in [1.29, 1.82) is 0 Å². The highest BCUT2D eigenvalue weighted by molar-refractivity contribution is 14.0. The summed E-state index contributed by atoms with van der Waals surface area (Å²) in [6.45, 7) is 5.87. The van der Waals surface area contributed by atoms with Crippen molar-refractivity contribution < 1.29 is 0 Å². The Balaban J connectivity index is 0.00000261. The van der Waals surface area contributed by atoms with Crippen LogP contribution < -0.4 is 10.6 Å². The number of aliphatic imine (C=N–C) groups is 1. The number of hydrogen-bond donors (Lipinski definition) is 2. The summed E-state index contributed by atoms with van der Waals surface area (Å²) in [5.74, 6) is 1.68. The van der Waals surface area contributed by atoms with Gasteiger partial charge in [0.05, 0.1) is 6.54 Å². The van der Waals surface area contributed by atoms with E-state index in [1.807, 2.05) is 7.05 Å². The maximum Gasteiger partial charge on any atom is 0.191 e. The van der Waals surface area contributed by atoms with E-state index < -0.39 is 0 Å². The fourth-order valence-electron chi connectivity index (χ4n) is 3.44. The van der Waals surface area contributed by atoms with Crippen LogP contribution in [0.1, 0.15) is 30.3 Å². The van der Waals surface area contributed by atoms with E-state index in [2.05, 4.69) is 61.8 Å². The van der Waals surface area contributed by atoms with E-state index in [0.717, 1.165) is 44.3 Å². The number of halogens is 1. The highest BCUT2D eigenvalue weighted by Crippen LogP contribution is 2.21. The van der Waals surface area contributed by atoms with Crippen molar-refractivity contribution in [3.63, 3.8) is 0 Å². The van der Waals surface area contributed by atoms with Gasteiger partial charge in [-0.1, -0.05) is 31.2 Å². The van der Waals surface area contributed by atoms with Gasteiger partial charge in [-0.25, -0.2) is 4.98 Å². The molecule has 0 bridgehead atoms. The normalized spacial score (nSPS) is 15.6. The van der Waals surface area contributed by atoms with Crippen LogP contribution in [0.3, 0.4) is 0 Å². The van der Waals surface area contributed by atoms with Crippen LogP contribution in [0.2, 0.25) is 0 Å². The Bertz CT molecular complexity index is 743. The van der Waals surface area contributed by atoms with Crippen LogP contribution in [0.5, 0.6) is 0 Å². The van der Waals surface area contributed by atoms with Crippen LogP contribution >= 0.6 is 24.0 Å². The molecule has 7 nitrogen and oxygen atoms in total. The first-order valence-electron chi connectivity index (χ1n) is 9.29. The SMILES string of the molecule is CCC(CNC(=NC)NCc1ncnn1C)N1CCc2ccccc2C1.I. The predicted molar refractivity (Wildman–Crippen MR) is 119 cm³/mol.